The van der Waals surface area contributed by atoms with Gasteiger partial charge in [0, 0.05) is 37.2 Å². The van der Waals surface area contributed by atoms with Gasteiger partial charge in [0.05, 0.1) is 0 Å². The second-order valence-electron chi connectivity index (χ2n) is 5.28. The van der Waals surface area contributed by atoms with Gasteiger partial charge in [-0.3, -0.25) is 14.5 Å². The third-order valence-electron chi connectivity index (χ3n) is 3.98. The number of carbonyl (C=O) groups is 2. The summed E-state index contributed by atoms with van der Waals surface area (Å²) < 4.78 is 0. The van der Waals surface area contributed by atoms with Crippen LogP contribution in [0.4, 0.5) is 0 Å². The Morgan fingerprint density at radius 1 is 1.21 bits per heavy atom. The first-order valence-electron chi connectivity index (χ1n) is 7.40. The summed E-state index contributed by atoms with van der Waals surface area (Å²) in [5.74, 6) is 1.15. The molecule has 0 radical (unpaired) electrons. The molecule has 5 heteroatoms. The van der Waals surface area contributed by atoms with Crippen molar-refractivity contribution < 1.29 is 9.59 Å². The topological polar surface area (TPSA) is 49.4 Å². The van der Waals surface area contributed by atoms with Crippen LogP contribution in [0, 0.1) is 0 Å². The van der Waals surface area contributed by atoms with Gasteiger partial charge in [0.2, 0.25) is 11.8 Å². The van der Waals surface area contributed by atoms with Crippen molar-refractivity contribution in [1.29, 1.82) is 0 Å². The summed E-state index contributed by atoms with van der Waals surface area (Å²) in [6.45, 7) is 3.48. The molecule has 0 bridgehead atoms. The Balaban J connectivity index is 1.74. The van der Waals surface area contributed by atoms with E-state index in [4.69, 9.17) is 0 Å². The molecule has 108 valence electrons. The molecular formula is C14H24N2O2S. The lowest BCUT2D eigenvalue weighted by Crippen LogP contribution is -2.44. The van der Waals surface area contributed by atoms with Crippen molar-refractivity contribution in [2.24, 2.45) is 0 Å². The lowest BCUT2D eigenvalue weighted by molar-refractivity contribution is -0.138. The molecule has 0 spiro atoms. The number of nitrogens with one attached hydrogen (secondary N) is 1. The van der Waals surface area contributed by atoms with Crippen LogP contribution in [-0.4, -0.2) is 46.8 Å². The Labute approximate surface area is 119 Å². The minimum Gasteiger partial charge on any atom is -0.311 e. The Morgan fingerprint density at radius 3 is 2.58 bits per heavy atom. The van der Waals surface area contributed by atoms with Crippen LogP contribution < -0.4 is 5.32 Å². The van der Waals surface area contributed by atoms with E-state index in [0.29, 0.717) is 30.7 Å². The number of nitrogens with zero attached hydrogens (tertiary/aromatic N) is 1. The molecule has 1 aliphatic carbocycles. The van der Waals surface area contributed by atoms with Crippen LogP contribution >= 0.6 is 11.8 Å². The number of likely N-dealkylation sites (tertiary alicyclic amines) is 1. The van der Waals surface area contributed by atoms with Gasteiger partial charge in [-0.1, -0.05) is 19.8 Å². The summed E-state index contributed by atoms with van der Waals surface area (Å²) >= 11 is 2.03. The third kappa shape index (κ3) is 3.96. The first kappa shape index (κ1) is 14.9. The summed E-state index contributed by atoms with van der Waals surface area (Å²) in [5.41, 5.74) is 0. The van der Waals surface area contributed by atoms with E-state index in [1.165, 1.54) is 30.6 Å². The number of thioether (sulfide) groups is 1. The van der Waals surface area contributed by atoms with Gasteiger partial charge in [0.25, 0.3) is 0 Å². The fourth-order valence-electron chi connectivity index (χ4n) is 2.98. The Kier molecular flexibility index (Phi) is 5.70. The van der Waals surface area contributed by atoms with E-state index in [-0.39, 0.29) is 11.8 Å². The van der Waals surface area contributed by atoms with Crippen molar-refractivity contribution >= 4 is 23.6 Å². The molecule has 1 heterocycles. The quantitative estimate of drug-likeness (QED) is 0.756. The molecule has 1 saturated heterocycles. The summed E-state index contributed by atoms with van der Waals surface area (Å²) in [5, 5.41) is 4.26. The maximum atomic E-state index is 11.5. The number of rotatable bonds is 6. The molecular weight excluding hydrogens is 260 g/mol. The highest BCUT2D eigenvalue weighted by Gasteiger charge is 2.29. The number of hydrogen-bond acceptors (Lipinski definition) is 4. The van der Waals surface area contributed by atoms with Gasteiger partial charge >= 0.3 is 0 Å². The molecule has 0 aromatic heterocycles. The molecule has 1 saturated carbocycles. The van der Waals surface area contributed by atoms with E-state index < -0.39 is 0 Å². The molecule has 2 fully saturated rings. The largest absolute Gasteiger partial charge is 0.311 e. The van der Waals surface area contributed by atoms with Crippen molar-refractivity contribution in [2.45, 2.75) is 56.7 Å². The van der Waals surface area contributed by atoms with Gasteiger partial charge in [0.1, 0.15) is 0 Å². The smallest absolute Gasteiger partial charge is 0.229 e. The lowest BCUT2D eigenvalue weighted by atomic mass is 9.95. The van der Waals surface area contributed by atoms with Crippen LogP contribution in [-0.2, 0) is 9.59 Å². The highest BCUT2D eigenvalue weighted by atomic mass is 32.2. The van der Waals surface area contributed by atoms with Gasteiger partial charge in [-0.15, -0.1) is 0 Å². The zero-order valence-corrected chi connectivity index (χ0v) is 12.5. The number of hydrogen-bond donors (Lipinski definition) is 1. The fraction of sp³-hybridized carbons (Fsp3) is 0.857. The normalized spacial score (nSPS) is 28.2. The van der Waals surface area contributed by atoms with Gasteiger partial charge < -0.3 is 5.32 Å². The van der Waals surface area contributed by atoms with Crippen molar-refractivity contribution in [2.75, 3.05) is 18.8 Å². The molecule has 1 N–H and O–H groups in total. The Hall–Kier alpha value is -0.550. The van der Waals surface area contributed by atoms with Crippen LogP contribution in [0.5, 0.6) is 0 Å². The molecule has 2 aliphatic rings. The number of amides is 2. The molecule has 1 aliphatic heterocycles. The van der Waals surface area contributed by atoms with Gasteiger partial charge in [-0.2, -0.15) is 11.8 Å². The zero-order valence-electron chi connectivity index (χ0n) is 11.7. The predicted octanol–water partition coefficient (Wildman–Crippen LogP) is 1.79. The maximum absolute atomic E-state index is 11.5. The van der Waals surface area contributed by atoms with E-state index in [2.05, 4.69) is 12.2 Å². The first-order valence-corrected chi connectivity index (χ1v) is 8.45. The van der Waals surface area contributed by atoms with E-state index in [1.54, 1.807) is 0 Å². The summed E-state index contributed by atoms with van der Waals surface area (Å²) in [7, 11) is 0. The van der Waals surface area contributed by atoms with Crippen molar-refractivity contribution in [3.05, 3.63) is 0 Å². The van der Waals surface area contributed by atoms with E-state index >= 15 is 0 Å². The van der Waals surface area contributed by atoms with Crippen LogP contribution in [0.2, 0.25) is 0 Å². The van der Waals surface area contributed by atoms with Crippen LogP contribution in [0.3, 0.4) is 0 Å². The van der Waals surface area contributed by atoms with Gasteiger partial charge in [-0.05, 0) is 18.6 Å². The second-order valence-corrected chi connectivity index (χ2v) is 6.79. The lowest BCUT2D eigenvalue weighted by Gasteiger charge is -2.32. The predicted molar refractivity (Wildman–Crippen MR) is 78.1 cm³/mol. The molecule has 0 aromatic rings. The van der Waals surface area contributed by atoms with Crippen molar-refractivity contribution in [3.8, 4) is 0 Å². The first-order chi connectivity index (χ1) is 9.22. The Morgan fingerprint density at radius 2 is 1.89 bits per heavy atom. The summed E-state index contributed by atoms with van der Waals surface area (Å²) in [4.78, 5) is 24.4. The molecule has 0 aromatic carbocycles. The fourth-order valence-corrected chi connectivity index (χ4v) is 4.20. The van der Waals surface area contributed by atoms with E-state index in [9.17, 15) is 9.59 Å². The molecule has 19 heavy (non-hydrogen) atoms. The minimum atomic E-state index is -0.00470. The number of imide groups is 1. The maximum Gasteiger partial charge on any atom is 0.229 e. The average molecular weight is 284 g/mol. The molecule has 4 nitrogen and oxygen atoms in total. The molecule has 2 rings (SSSR count). The van der Waals surface area contributed by atoms with Crippen LogP contribution in [0.1, 0.15) is 45.4 Å². The van der Waals surface area contributed by atoms with Crippen molar-refractivity contribution in [3.63, 3.8) is 0 Å². The van der Waals surface area contributed by atoms with Gasteiger partial charge in [-0.25, -0.2) is 0 Å². The molecule has 2 atom stereocenters. The summed E-state index contributed by atoms with van der Waals surface area (Å²) in [6.07, 6.45) is 5.93. The summed E-state index contributed by atoms with van der Waals surface area (Å²) in [6, 6.07) is 0.548. The van der Waals surface area contributed by atoms with Crippen LogP contribution in [0.15, 0.2) is 0 Å². The average Bonchev–Trinajstić information content (AvgIpc) is 2.72. The van der Waals surface area contributed by atoms with Crippen LogP contribution in [0.25, 0.3) is 0 Å². The molecule has 0 unspecified atom stereocenters. The minimum absolute atomic E-state index is 0.00470. The third-order valence-corrected chi connectivity index (χ3v) is 5.31. The highest BCUT2D eigenvalue weighted by Crippen LogP contribution is 2.28. The Bertz CT molecular complexity index is 317. The van der Waals surface area contributed by atoms with E-state index in [1.807, 2.05) is 11.8 Å². The zero-order chi connectivity index (χ0) is 13.7. The van der Waals surface area contributed by atoms with Crippen molar-refractivity contribution in [1.82, 2.24) is 10.2 Å². The monoisotopic (exact) mass is 284 g/mol. The number of carbonyl (C=O) groups excluding carboxylic acids is 2. The van der Waals surface area contributed by atoms with Gasteiger partial charge in [0.15, 0.2) is 0 Å². The SMILES string of the molecule is CCS[C@H]1CCCC[C@H]1NCCN1C(=O)CCC1=O. The van der Waals surface area contributed by atoms with E-state index in [0.717, 1.165) is 12.3 Å². The molecule has 2 amide bonds. The standard InChI is InChI=1S/C14H24N2O2S/c1-2-19-12-6-4-3-5-11(12)15-9-10-16-13(17)7-8-14(16)18/h11-12,15H,2-10H2,1H3/t11-,12+/m1/s1. The highest BCUT2D eigenvalue weighted by molar-refractivity contribution is 7.99. The second kappa shape index (κ2) is 7.29.